The first-order valence-corrected chi connectivity index (χ1v) is 8.62. The monoisotopic (exact) mass is 327 g/mol. The molecule has 3 rings (SSSR count). The summed E-state index contributed by atoms with van der Waals surface area (Å²) in [5.74, 6) is -0.138. The molecule has 6 nitrogen and oxygen atoms in total. The Bertz CT molecular complexity index is 703. The molecule has 1 aromatic heterocycles. The van der Waals surface area contributed by atoms with Crippen molar-refractivity contribution in [3.8, 4) is 0 Å². The Morgan fingerprint density at radius 1 is 1.29 bits per heavy atom. The van der Waals surface area contributed by atoms with E-state index in [1.165, 1.54) is 11.1 Å². The molecule has 24 heavy (non-hydrogen) atoms. The number of hydrogen-bond donors (Lipinski definition) is 2. The molecule has 6 heteroatoms. The molecule has 0 saturated carbocycles. The zero-order chi connectivity index (χ0) is 16.9. The van der Waals surface area contributed by atoms with Crippen LogP contribution in [0.5, 0.6) is 0 Å². The number of nitrogens with zero attached hydrogens (tertiary/aromatic N) is 3. The maximum Gasteiger partial charge on any atom is 0.273 e. The van der Waals surface area contributed by atoms with Crippen LogP contribution in [0.2, 0.25) is 0 Å². The molecule has 0 aliphatic carbocycles. The minimum atomic E-state index is -0.138. The average molecular weight is 327 g/mol. The van der Waals surface area contributed by atoms with Crippen LogP contribution < -0.4 is 10.6 Å². The number of piperidine rings is 1. The smallest absolute Gasteiger partial charge is 0.273 e. The molecular weight excluding hydrogens is 302 g/mol. The third kappa shape index (κ3) is 3.64. The molecule has 2 heterocycles. The number of carbonyl (C=O) groups excluding carboxylic acids is 1. The van der Waals surface area contributed by atoms with Crippen molar-refractivity contribution in [2.45, 2.75) is 39.2 Å². The van der Waals surface area contributed by atoms with E-state index in [1.54, 1.807) is 0 Å². The van der Waals surface area contributed by atoms with Gasteiger partial charge in [0.1, 0.15) is 0 Å². The number of rotatable bonds is 5. The molecule has 1 aromatic carbocycles. The van der Waals surface area contributed by atoms with Crippen molar-refractivity contribution in [3.63, 3.8) is 0 Å². The summed E-state index contributed by atoms with van der Waals surface area (Å²) in [6.45, 7) is 6.59. The van der Waals surface area contributed by atoms with Crippen molar-refractivity contribution in [1.29, 1.82) is 0 Å². The molecule has 1 aliphatic rings. The lowest BCUT2D eigenvalue weighted by atomic mass is 10.1. The van der Waals surface area contributed by atoms with Crippen LogP contribution in [-0.4, -0.2) is 40.5 Å². The van der Waals surface area contributed by atoms with Gasteiger partial charge in [-0.25, -0.2) is 4.68 Å². The van der Waals surface area contributed by atoms with E-state index in [9.17, 15) is 4.79 Å². The van der Waals surface area contributed by atoms with Crippen LogP contribution in [-0.2, 0) is 6.42 Å². The largest absolute Gasteiger partial charge is 0.350 e. The van der Waals surface area contributed by atoms with Crippen molar-refractivity contribution in [2.24, 2.45) is 0 Å². The summed E-state index contributed by atoms with van der Waals surface area (Å²) < 4.78 is 1.91. The van der Waals surface area contributed by atoms with Crippen molar-refractivity contribution < 1.29 is 4.79 Å². The van der Waals surface area contributed by atoms with Gasteiger partial charge in [-0.15, -0.1) is 5.10 Å². The van der Waals surface area contributed by atoms with Gasteiger partial charge < -0.3 is 10.6 Å². The fourth-order valence-corrected chi connectivity index (χ4v) is 3.23. The summed E-state index contributed by atoms with van der Waals surface area (Å²) in [6, 6.07) is 8.58. The second-order valence-electron chi connectivity index (χ2n) is 6.38. The minimum absolute atomic E-state index is 0.138. The normalized spacial score (nSPS) is 15.4. The average Bonchev–Trinajstić information content (AvgIpc) is 2.99. The zero-order valence-electron chi connectivity index (χ0n) is 14.4. The molecule has 2 N–H and O–H groups in total. The Hall–Kier alpha value is -2.21. The van der Waals surface area contributed by atoms with Crippen molar-refractivity contribution in [2.75, 3.05) is 19.6 Å². The first kappa shape index (κ1) is 16.6. The molecule has 2 aromatic rings. The number of nitrogens with one attached hydrogen (secondary N) is 2. The van der Waals surface area contributed by atoms with Crippen LogP contribution in [0.3, 0.4) is 0 Å². The standard InChI is InChI=1S/C18H25N5O/c1-13-5-3-4-6-15(13)7-12-20-18(24)17-14(2)23(22-21-17)16-8-10-19-11-9-16/h3-6,16,19H,7-12H2,1-2H3,(H,20,24). The summed E-state index contributed by atoms with van der Waals surface area (Å²) in [5, 5.41) is 14.6. The number of aryl methyl sites for hydroxylation is 1. The predicted octanol–water partition coefficient (Wildman–Crippen LogP) is 1.79. The second kappa shape index (κ2) is 7.57. The van der Waals surface area contributed by atoms with Crippen LogP contribution in [0.15, 0.2) is 24.3 Å². The van der Waals surface area contributed by atoms with Gasteiger partial charge in [-0.2, -0.15) is 0 Å². The maximum atomic E-state index is 12.4. The van der Waals surface area contributed by atoms with E-state index in [-0.39, 0.29) is 5.91 Å². The summed E-state index contributed by atoms with van der Waals surface area (Å²) in [4.78, 5) is 12.4. The zero-order valence-corrected chi connectivity index (χ0v) is 14.4. The second-order valence-corrected chi connectivity index (χ2v) is 6.38. The fraction of sp³-hybridized carbons (Fsp3) is 0.500. The third-order valence-electron chi connectivity index (χ3n) is 4.74. The van der Waals surface area contributed by atoms with Crippen LogP contribution in [0.25, 0.3) is 0 Å². The van der Waals surface area contributed by atoms with E-state index in [1.807, 2.05) is 23.7 Å². The van der Waals surface area contributed by atoms with E-state index in [0.29, 0.717) is 18.3 Å². The highest BCUT2D eigenvalue weighted by Crippen LogP contribution is 2.20. The van der Waals surface area contributed by atoms with Gasteiger partial charge in [0.05, 0.1) is 11.7 Å². The van der Waals surface area contributed by atoms with Crippen LogP contribution in [0, 0.1) is 13.8 Å². The molecule has 0 unspecified atom stereocenters. The molecule has 0 bridgehead atoms. The van der Waals surface area contributed by atoms with Gasteiger partial charge in [-0.3, -0.25) is 4.79 Å². The number of amides is 1. The Morgan fingerprint density at radius 2 is 2.04 bits per heavy atom. The van der Waals surface area contributed by atoms with Crippen LogP contribution in [0.1, 0.15) is 46.2 Å². The molecule has 1 amide bonds. The molecular formula is C18H25N5O. The summed E-state index contributed by atoms with van der Waals surface area (Å²) in [5.41, 5.74) is 3.81. The van der Waals surface area contributed by atoms with Gasteiger partial charge in [0.15, 0.2) is 5.69 Å². The number of benzene rings is 1. The lowest BCUT2D eigenvalue weighted by molar-refractivity contribution is 0.0948. The minimum Gasteiger partial charge on any atom is -0.350 e. The van der Waals surface area contributed by atoms with Gasteiger partial charge in [0, 0.05) is 6.54 Å². The first-order chi connectivity index (χ1) is 11.7. The molecule has 128 valence electrons. The number of hydrogen-bond acceptors (Lipinski definition) is 4. The maximum absolute atomic E-state index is 12.4. The lowest BCUT2D eigenvalue weighted by Gasteiger charge is -2.23. The van der Waals surface area contributed by atoms with Gasteiger partial charge in [0.2, 0.25) is 0 Å². The van der Waals surface area contributed by atoms with Gasteiger partial charge >= 0.3 is 0 Å². The number of carbonyl (C=O) groups is 1. The number of aromatic nitrogens is 3. The van der Waals surface area contributed by atoms with E-state index in [0.717, 1.165) is 38.0 Å². The Kier molecular flexibility index (Phi) is 5.25. The summed E-state index contributed by atoms with van der Waals surface area (Å²) in [6.07, 6.45) is 2.87. The van der Waals surface area contributed by atoms with Gasteiger partial charge in [-0.05, 0) is 57.3 Å². The lowest BCUT2D eigenvalue weighted by Crippen LogP contribution is -2.30. The molecule has 1 saturated heterocycles. The Labute approximate surface area is 142 Å². The third-order valence-corrected chi connectivity index (χ3v) is 4.74. The van der Waals surface area contributed by atoms with Crippen molar-refractivity contribution in [1.82, 2.24) is 25.6 Å². The van der Waals surface area contributed by atoms with Crippen LogP contribution >= 0.6 is 0 Å². The first-order valence-electron chi connectivity index (χ1n) is 8.62. The molecule has 0 spiro atoms. The molecule has 1 fully saturated rings. The van der Waals surface area contributed by atoms with Crippen molar-refractivity contribution in [3.05, 3.63) is 46.8 Å². The Balaban J connectivity index is 1.59. The highest BCUT2D eigenvalue weighted by atomic mass is 16.2. The van der Waals surface area contributed by atoms with Gasteiger partial charge in [0.25, 0.3) is 5.91 Å². The molecule has 0 atom stereocenters. The van der Waals surface area contributed by atoms with Crippen molar-refractivity contribution >= 4 is 5.91 Å². The summed E-state index contributed by atoms with van der Waals surface area (Å²) >= 11 is 0. The van der Waals surface area contributed by atoms with E-state index in [4.69, 9.17) is 0 Å². The van der Waals surface area contributed by atoms with E-state index < -0.39 is 0 Å². The highest BCUT2D eigenvalue weighted by molar-refractivity contribution is 5.93. The molecule has 0 radical (unpaired) electrons. The summed E-state index contributed by atoms with van der Waals surface area (Å²) in [7, 11) is 0. The molecule has 1 aliphatic heterocycles. The van der Waals surface area contributed by atoms with Crippen LogP contribution in [0.4, 0.5) is 0 Å². The predicted molar refractivity (Wildman–Crippen MR) is 93.1 cm³/mol. The van der Waals surface area contributed by atoms with E-state index in [2.05, 4.69) is 40.0 Å². The topological polar surface area (TPSA) is 71.8 Å². The van der Waals surface area contributed by atoms with Gasteiger partial charge in [-0.1, -0.05) is 29.5 Å². The highest BCUT2D eigenvalue weighted by Gasteiger charge is 2.22. The Morgan fingerprint density at radius 3 is 2.79 bits per heavy atom. The fourth-order valence-electron chi connectivity index (χ4n) is 3.23. The van der Waals surface area contributed by atoms with E-state index >= 15 is 0 Å². The quantitative estimate of drug-likeness (QED) is 0.878. The SMILES string of the molecule is Cc1ccccc1CCNC(=O)c1nnn(C2CCNCC2)c1C.